The highest BCUT2D eigenvalue weighted by molar-refractivity contribution is 8.03. The van der Waals surface area contributed by atoms with Crippen LogP contribution >= 0.6 is 11.8 Å². The number of allylic oxidation sites excluding steroid dienone is 1. The lowest BCUT2D eigenvalue weighted by Crippen LogP contribution is -1.94. The molecule has 1 heterocycles. The van der Waals surface area contributed by atoms with Crippen LogP contribution in [0, 0.1) is 6.92 Å². The highest BCUT2D eigenvalue weighted by Crippen LogP contribution is 2.29. The van der Waals surface area contributed by atoms with Gasteiger partial charge in [-0.1, -0.05) is 18.3 Å². The van der Waals surface area contributed by atoms with Crippen molar-refractivity contribution in [3.05, 3.63) is 29.3 Å². The molecular formula is C9H12N2S. The normalized spacial score (nSPS) is 9.83. The molecule has 0 saturated heterocycles. The van der Waals surface area contributed by atoms with Gasteiger partial charge in [-0.3, -0.25) is 0 Å². The molecule has 2 nitrogen and oxygen atoms in total. The van der Waals surface area contributed by atoms with Gasteiger partial charge in [-0.05, 0) is 24.8 Å². The first kappa shape index (κ1) is 9.13. The van der Waals surface area contributed by atoms with E-state index in [1.807, 2.05) is 19.9 Å². The molecule has 0 aliphatic carbocycles. The standard InChI is InChI=1S/C9H12N2S/c1-6(2)12-8-4-5-11-9(10)7(8)3/h4-5H,1H2,2-3H3,(H2,10,11). The minimum absolute atomic E-state index is 0.598. The van der Waals surface area contributed by atoms with E-state index in [2.05, 4.69) is 11.6 Å². The average Bonchev–Trinajstić information content (AvgIpc) is 1.98. The maximum absolute atomic E-state index is 5.64. The zero-order valence-corrected chi connectivity index (χ0v) is 8.11. The zero-order chi connectivity index (χ0) is 9.14. The summed E-state index contributed by atoms with van der Waals surface area (Å²) < 4.78 is 0. The molecular weight excluding hydrogens is 168 g/mol. The fourth-order valence-electron chi connectivity index (χ4n) is 0.832. The Morgan fingerprint density at radius 3 is 2.92 bits per heavy atom. The Bertz CT molecular complexity index is 307. The van der Waals surface area contributed by atoms with Gasteiger partial charge in [0.15, 0.2) is 0 Å². The second-order valence-corrected chi connectivity index (χ2v) is 3.96. The van der Waals surface area contributed by atoms with Crippen molar-refractivity contribution in [2.45, 2.75) is 18.7 Å². The van der Waals surface area contributed by atoms with Gasteiger partial charge in [0.05, 0.1) is 0 Å². The van der Waals surface area contributed by atoms with Crippen LogP contribution in [-0.4, -0.2) is 4.98 Å². The molecule has 1 aromatic rings. The van der Waals surface area contributed by atoms with Crippen molar-refractivity contribution in [1.82, 2.24) is 4.98 Å². The van der Waals surface area contributed by atoms with Gasteiger partial charge in [0.2, 0.25) is 0 Å². The molecule has 3 heteroatoms. The zero-order valence-electron chi connectivity index (χ0n) is 7.29. The smallest absolute Gasteiger partial charge is 0.127 e. The summed E-state index contributed by atoms with van der Waals surface area (Å²) in [5.41, 5.74) is 6.68. The van der Waals surface area contributed by atoms with Gasteiger partial charge >= 0.3 is 0 Å². The van der Waals surface area contributed by atoms with Crippen LogP contribution in [0.2, 0.25) is 0 Å². The molecule has 0 atom stereocenters. The predicted octanol–water partition coefficient (Wildman–Crippen LogP) is 2.60. The number of nitrogens with two attached hydrogens (primary N) is 1. The summed E-state index contributed by atoms with van der Waals surface area (Å²) in [7, 11) is 0. The van der Waals surface area contributed by atoms with Crippen molar-refractivity contribution < 1.29 is 0 Å². The number of nitrogen functional groups attached to an aromatic ring is 1. The quantitative estimate of drug-likeness (QED) is 0.711. The molecule has 0 spiro atoms. The van der Waals surface area contributed by atoms with Gasteiger partial charge in [-0.25, -0.2) is 4.98 Å². The maximum Gasteiger partial charge on any atom is 0.127 e. The number of aromatic nitrogens is 1. The number of hydrogen-bond acceptors (Lipinski definition) is 3. The van der Waals surface area contributed by atoms with Crippen LogP contribution in [0.1, 0.15) is 12.5 Å². The molecule has 1 aromatic heterocycles. The van der Waals surface area contributed by atoms with Crippen LogP contribution in [0.15, 0.2) is 28.6 Å². The summed E-state index contributed by atoms with van der Waals surface area (Å²) in [5, 5.41) is 0. The van der Waals surface area contributed by atoms with Crippen LogP contribution < -0.4 is 5.73 Å². The molecule has 0 fully saturated rings. The van der Waals surface area contributed by atoms with Gasteiger partial charge in [0.25, 0.3) is 0 Å². The van der Waals surface area contributed by atoms with Gasteiger partial charge in [0, 0.05) is 16.7 Å². The minimum Gasteiger partial charge on any atom is -0.383 e. The highest BCUT2D eigenvalue weighted by Gasteiger charge is 2.02. The first-order valence-electron chi connectivity index (χ1n) is 3.65. The van der Waals surface area contributed by atoms with E-state index in [0.717, 1.165) is 15.4 Å². The summed E-state index contributed by atoms with van der Waals surface area (Å²) in [5.74, 6) is 0.598. The number of thioether (sulfide) groups is 1. The van der Waals surface area contributed by atoms with E-state index in [0.29, 0.717) is 5.82 Å². The third kappa shape index (κ3) is 2.01. The number of hydrogen-bond donors (Lipinski definition) is 1. The summed E-state index contributed by atoms with van der Waals surface area (Å²) >= 11 is 1.62. The maximum atomic E-state index is 5.64. The molecule has 0 amide bonds. The molecule has 0 bridgehead atoms. The van der Waals surface area contributed by atoms with Crippen LogP contribution in [0.5, 0.6) is 0 Å². The largest absolute Gasteiger partial charge is 0.383 e. The second-order valence-electron chi connectivity index (χ2n) is 2.62. The van der Waals surface area contributed by atoms with E-state index in [9.17, 15) is 0 Å². The molecule has 0 aliphatic rings. The fourth-order valence-corrected chi connectivity index (χ4v) is 1.59. The molecule has 64 valence electrons. The van der Waals surface area contributed by atoms with Gasteiger partial charge in [-0.15, -0.1) is 0 Å². The molecule has 1 rings (SSSR count). The lowest BCUT2D eigenvalue weighted by atomic mass is 10.3. The Hall–Kier alpha value is -0.960. The summed E-state index contributed by atoms with van der Waals surface area (Å²) in [6.45, 7) is 7.76. The van der Waals surface area contributed by atoms with Crippen molar-refractivity contribution in [2.24, 2.45) is 0 Å². The number of pyridine rings is 1. The van der Waals surface area contributed by atoms with E-state index >= 15 is 0 Å². The van der Waals surface area contributed by atoms with Crippen molar-refractivity contribution >= 4 is 17.6 Å². The van der Waals surface area contributed by atoms with E-state index in [1.165, 1.54) is 0 Å². The topological polar surface area (TPSA) is 38.9 Å². The number of anilines is 1. The van der Waals surface area contributed by atoms with Gasteiger partial charge in [0.1, 0.15) is 5.82 Å². The third-order valence-electron chi connectivity index (χ3n) is 1.48. The first-order chi connectivity index (χ1) is 5.61. The first-order valence-corrected chi connectivity index (χ1v) is 4.47. The average molecular weight is 180 g/mol. The molecule has 0 saturated carbocycles. The Labute approximate surface area is 76.9 Å². The van der Waals surface area contributed by atoms with E-state index < -0.39 is 0 Å². The number of rotatable bonds is 2. The van der Waals surface area contributed by atoms with E-state index in [4.69, 9.17) is 5.73 Å². The molecule has 0 aromatic carbocycles. The SMILES string of the molecule is C=C(C)Sc1ccnc(N)c1C. The van der Waals surface area contributed by atoms with Crippen molar-refractivity contribution in [3.63, 3.8) is 0 Å². The predicted molar refractivity (Wildman–Crippen MR) is 54.1 cm³/mol. The van der Waals surface area contributed by atoms with Gasteiger partial charge in [-0.2, -0.15) is 0 Å². The summed E-state index contributed by atoms with van der Waals surface area (Å²) in [6, 6.07) is 1.95. The van der Waals surface area contributed by atoms with E-state index in [1.54, 1.807) is 18.0 Å². The Balaban J connectivity index is 3.00. The highest BCUT2D eigenvalue weighted by atomic mass is 32.2. The monoisotopic (exact) mass is 180 g/mol. The van der Waals surface area contributed by atoms with Crippen LogP contribution in [0.3, 0.4) is 0 Å². The summed E-state index contributed by atoms with van der Waals surface area (Å²) in [6.07, 6.45) is 1.72. The minimum atomic E-state index is 0.598. The molecule has 0 unspecified atom stereocenters. The second kappa shape index (κ2) is 3.63. The van der Waals surface area contributed by atoms with Crippen LogP contribution in [-0.2, 0) is 0 Å². The Kier molecular flexibility index (Phi) is 2.76. The molecule has 2 N–H and O–H groups in total. The van der Waals surface area contributed by atoms with Crippen LogP contribution in [0.4, 0.5) is 5.82 Å². The van der Waals surface area contributed by atoms with Gasteiger partial charge < -0.3 is 5.73 Å². The van der Waals surface area contributed by atoms with Crippen LogP contribution in [0.25, 0.3) is 0 Å². The fraction of sp³-hybridized carbons (Fsp3) is 0.222. The lowest BCUT2D eigenvalue weighted by Gasteiger charge is -2.05. The van der Waals surface area contributed by atoms with E-state index in [-0.39, 0.29) is 0 Å². The molecule has 0 aliphatic heterocycles. The number of nitrogens with zero attached hydrogens (tertiary/aromatic N) is 1. The lowest BCUT2D eigenvalue weighted by molar-refractivity contribution is 1.20. The Morgan fingerprint density at radius 2 is 2.33 bits per heavy atom. The van der Waals surface area contributed by atoms with Crippen molar-refractivity contribution in [3.8, 4) is 0 Å². The van der Waals surface area contributed by atoms with Crippen molar-refractivity contribution in [1.29, 1.82) is 0 Å². The van der Waals surface area contributed by atoms with Crippen molar-refractivity contribution in [2.75, 3.05) is 5.73 Å². The molecule has 0 radical (unpaired) electrons. The summed E-state index contributed by atoms with van der Waals surface area (Å²) in [4.78, 5) is 6.17. The molecule has 12 heavy (non-hydrogen) atoms. The third-order valence-corrected chi connectivity index (χ3v) is 2.49. The Morgan fingerprint density at radius 1 is 1.67 bits per heavy atom.